The molecule has 1 fully saturated rings. The van der Waals surface area contributed by atoms with Gasteiger partial charge in [-0.3, -0.25) is 4.79 Å². The number of ether oxygens (including phenoxy) is 3. The Kier molecular flexibility index (Phi) is 5.92. The number of methoxy groups -OCH3 is 3. The summed E-state index contributed by atoms with van der Waals surface area (Å²) in [6.07, 6.45) is 6.95. The highest BCUT2D eigenvalue weighted by Gasteiger charge is 2.21. The molecule has 1 aliphatic rings. The van der Waals surface area contributed by atoms with E-state index in [1.165, 1.54) is 25.7 Å². The molecule has 0 heterocycles. The minimum Gasteiger partial charge on any atom is -0.496 e. The van der Waals surface area contributed by atoms with Crippen LogP contribution in [0.25, 0.3) is 0 Å². The van der Waals surface area contributed by atoms with Crippen LogP contribution in [0.2, 0.25) is 0 Å². The van der Waals surface area contributed by atoms with Crippen molar-refractivity contribution in [2.45, 2.75) is 44.6 Å². The molecule has 0 aromatic heterocycles. The maximum absolute atomic E-state index is 12.6. The molecular formula is C17H25NO4. The first-order chi connectivity index (χ1) is 10.7. The monoisotopic (exact) mass is 307 g/mol. The molecular weight excluding hydrogens is 282 g/mol. The number of nitrogens with one attached hydrogen (secondary N) is 1. The van der Waals surface area contributed by atoms with Gasteiger partial charge in [0.2, 0.25) is 0 Å². The summed E-state index contributed by atoms with van der Waals surface area (Å²) in [7, 11) is 4.66. The fraction of sp³-hybridized carbons (Fsp3) is 0.588. The molecule has 1 aromatic carbocycles. The zero-order valence-corrected chi connectivity index (χ0v) is 13.6. The van der Waals surface area contributed by atoms with E-state index >= 15 is 0 Å². The Morgan fingerprint density at radius 3 is 2.00 bits per heavy atom. The van der Waals surface area contributed by atoms with E-state index in [4.69, 9.17) is 14.2 Å². The van der Waals surface area contributed by atoms with Crippen LogP contribution in [-0.4, -0.2) is 33.3 Å². The first-order valence-electron chi connectivity index (χ1n) is 7.80. The van der Waals surface area contributed by atoms with Gasteiger partial charge in [0.15, 0.2) is 11.5 Å². The summed E-state index contributed by atoms with van der Waals surface area (Å²) in [5.41, 5.74) is 0.476. The van der Waals surface area contributed by atoms with E-state index < -0.39 is 0 Å². The van der Waals surface area contributed by atoms with Crippen molar-refractivity contribution in [3.05, 3.63) is 17.7 Å². The molecule has 0 unspecified atom stereocenters. The third-order valence-corrected chi connectivity index (χ3v) is 4.14. The van der Waals surface area contributed by atoms with Gasteiger partial charge in [0.1, 0.15) is 5.75 Å². The van der Waals surface area contributed by atoms with Crippen LogP contribution in [0.3, 0.4) is 0 Å². The largest absolute Gasteiger partial charge is 0.496 e. The SMILES string of the molecule is COc1cc(OC)c(C(=O)NC2CCCCCC2)cc1OC. The van der Waals surface area contributed by atoms with Crippen LogP contribution in [0.1, 0.15) is 48.9 Å². The van der Waals surface area contributed by atoms with Crippen LogP contribution >= 0.6 is 0 Å². The molecule has 0 bridgehead atoms. The molecule has 1 N–H and O–H groups in total. The van der Waals surface area contributed by atoms with Crippen molar-refractivity contribution in [1.29, 1.82) is 0 Å². The van der Waals surface area contributed by atoms with Gasteiger partial charge in [-0.1, -0.05) is 25.7 Å². The number of amides is 1. The molecule has 1 aliphatic carbocycles. The average molecular weight is 307 g/mol. The summed E-state index contributed by atoms with van der Waals surface area (Å²) < 4.78 is 15.8. The Morgan fingerprint density at radius 1 is 0.909 bits per heavy atom. The van der Waals surface area contributed by atoms with Crippen molar-refractivity contribution in [1.82, 2.24) is 5.32 Å². The molecule has 0 saturated heterocycles. The van der Waals surface area contributed by atoms with Crippen molar-refractivity contribution >= 4 is 5.91 Å². The van der Waals surface area contributed by atoms with Gasteiger partial charge in [0.25, 0.3) is 5.91 Å². The molecule has 0 spiro atoms. The second kappa shape index (κ2) is 7.92. The number of benzene rings is 1. The quantitative estimate of drug-likeness (QED) is 0.849. The summed E-state index contributed by atoms with van der Waals surface area (Å²) in [5, 5.41) is 3.12. The molecule has 5 heteroatoms. The predicted octanol–water partition coefficient (Wildman–Crippen LogP) is 3.17. The van der Waals surface area contributed by atoms with Crippen LogP contribution in [-0.2, 0) is 0 Å². The minimum absolute atomic E-state index is 0.121. The number of rotatable bonds is 5. The summed E-state index contributed by atoms with van der Waals surface area (Å²) in [6, 6.07) is 3.60. The summed E-state index contributed by atoms with van der Waals surface area (Å²) in [5.74, 6) is 1.44. The lowest BCUT2D eigenvalue weighted by Gasteiger charge is -2.18. The molecule has 122 valence electrons. The van der Waals surface area contributed by atoms with Crippen LogP contribution < -0.4 is 19.5 Å². The molecule has 0 aliphatic heterocycles. The summed E-state index contributed by atoms with van der Waals surface area (Å²) in [6.45, 7) is 0. The Labute approximate surface area is 131 Å². The van der Waals surface area contributed by atoms with E-state index in [2.05, 4.69) is 5.32 Å². The standard InChI is InChI=1S/C17H25NO4/c1-20-14-11-16(22-3)15(21-2)10-13(14)17(19)18-12-8-6-4-5-7-9-12/h10-12H,4-9H2,1-3H3,(H,18,19). The van der Waals surface area contributed by atoms with Gasteiger partial charge in [-0.2, -0.15) is 0 Å². The lowest BCUT2D eigenvalue weighted by Crippen LogP contribution is -2.34. The number of hydrogen-bond acceptors (Lipinski definition) is 4. The molecule has 22 heavy (non-hydrogen) atoms. The first-order valence-corrected chi connectivity index (χ1v) is 7.80. The van der Waals surface area contributed by atoms with Crippen LogP contribution in [0, 0.1) is 0 Å². The van der Waals surface area contributed by atoms with Gasteiger partial charge in [0.05, 0.1) is 26.9 Å². The Bertz CT molecular complexity index is 508. The van der Waals surface area contributed by atoms with Gasteiger partial charge in [-0.25, -0.2) is 0 Å². The Morgan fingerprint density at radius 2 is 1.45 bits per heavy atom. The van der Waals surface area contributed by atoms with Crippen molar-refractivity contribution in [3.8, 4) is 17.2 Å². The maximum atomic E-state index is 12.6. The number of carbonyl (C=O) groups excluding carboxylic acids is 1. The van der Waals surface area contributed by atoms with E-state index in [-0.39, 0.29) is 11.9 Å². The van der Waals surface area contributed by atoms with Crippen LogP contribution in [0.15, 0.2) is 12.1 Å². The van der Waals surface area contributed by atoms with Crippen molar-refractivity contribution < 1.29 is 19.0 Å². The number of hydrogen-bond donors (Lipinski definition) is 1. The van der Waals surface area contributed by atoms with Crippen molar-refractivity contribution in [2.75, 3.05) is 21.3 Å². The van der Waals surface area contributed by atoms with E-state index in [1.54, 1.807) is 33.5 Å². The van der Waals surface area contributed by atoms with Crippen LogP contribution in [0.4, 0.5) is 0 Å². The van der Waals surface area contributed by atoms with Crippen LogP contribution in [0.5, 0.6) is 17.2 Å². The average Bonchev–Trinajstić information content (AvgIpc) is 2.81. The van der Waals surface area contributed by atoms with Gasteiger partial charge in [-0.15, -0.1) is 0 Å². The molecule has 2 rings (SSSR count). The lowest BCUT2D eigenvalue weighted by atomic mass is 10.1. The third kappa shape index (κ3) is 3.84. The highest BCUT2D eigenvalue weighted by Crippen LogP contribution is 2.34. The fourth-order valence-corrected chi connectivity index (χ4v) is 2.89. The maximum Gasteiger partial charge on any atom is 0.255 e. The van der Waals surface area contributed by atoms with E-state index in [0.717, 1.165) is 12.8 Å². The topological polar surface area (TPSA) is 56.8 Å². The normalized spacial score (nSPS) is 15.8. The van der Waals surface area contributed by atoms with Gasteiger partial charge in [0, 0.05) is 18.2 Å². The third-order valence-electron chi connectivity index (χ3n) is 4.14. The van der Waals surface area contributed by atoms with E-state index in [9.17, 15) is 4.79 Å². The smallest absolute Gasteiger partial charge is 0.255 e. The molecule has 1 amide bonds. The second-order valence-corrected chi connectivity index (χ2v) is 5.57. The van der Waals surface area contributed by atoms with E-state index in [1.807, 2.05) is 0 Å². The zero-order valence-electron chi connectivity index (χ0n) is 13.6. The van der Waals surface area contributed by atoms with E-state index in [0.29, 0.717) is 22.8 Å². The molecule has 0 radical (unpaired) electrons. The first kappa shape index (κ1) is 16.5. The Balaban J connectivity index is 2.20. The zero-order chi connectivity index (χ0) is 15.9. The summed E-state index contributed by atoms with van der Waals surface area (Å²) in [4.78, 5) is 12.6. The Hall–Kier alpha value is -1.91. The van der Waals surface area contributed by atoms with Gasteiger partial charge >= 0.3 is 0 Å². The second-order valence-electron chi connectivity index (χ2n) is 5.57. The molecule has 1 aromatic rings. The van der Waals surface area contributed by atoms with Gasteiger partial charge in [-0.05, 0) is 12.8 Å². The van der Waals surface area contributed by atoms with Crippen molar-refractivity contribution in [3.63, 3.8) is 0 Å². The predicted molar refractivity (Wildman–Crippen MR) is 85.1 cm³/mol. The molecule has 1 saturated carbocycles. The van der Waals surface area contributed by atoms with Gasteiger partial charge < -0.3 is 19.5 Å². The minimum atomic E-state index is -0.121. The molecule has 5 nitrogen and oxygen atoms in total. The van der Waals surface area contributed by atoms with Crippen molar-refractivity contribution in [2.24, 2.45) is 0 Å². The lowest BCUT2D eigenvalue weighted by molar-refractivity contribution is 0.0930. The highest BCUT2D eigenvalue weighted by molar-refractivity contribution is 5.98. The molecule has 0 atom stereocenters. The fourth-order valence-electron chi connectivity index (χ4n) is 2.89. The summed E-state index contributed by atoms with van der Waals surface area (Å²) >= 11 is 0. The number of carbonyl (C=O) groups is 1. The highest BCUT2D eigenvalue weighted by atomic mass is 16.5.